The summed E-state index contributed by atoms with van der Waals surface area (Å²) in [5.41, 5.74) is 0.788. The molecule has 1 unspecified atom stereocenters. The highest BCUT2D eigenvalue weighted by Gasteiger charge is 2.20. The molecule has 66 valence electrons. The number of hydrogen-bond acceptors (Lipinski definition) is 2. The van der Waals surface area contributed by atoms with Gasteiger partial charge in [0.2, 0.25) is 0 Å². The topological polar surface area (TPSA) is 29.1 Å². The Balaban J connectivity index is 2.26. The Hall–Kier alpha value is -1.64. The van der Waals surface area contributed by atoms with Gasteiger partial charge >= 0.3 is 0 Å². The Morgan fingerprint density at radius 2 is 1.92 bits per heavy atom. The summed E-state index contributed by atoms with van der Waals surface area (Å²) in [7, 11) is 0. The lowest BCUT2D eigenvalue weighted by molar-refractivity contribution is -0.115. The van der Waals surface area contributed by atoms with Crippen molar-refractivity contribution in [2.75, 3.05) is 0 Å². The summed E-state index contributed by atoms with van der Waals surface area (Å²) in [4.78, 5) is 11.2. The molecule has 1 aliphatic heterocycles. The van der Waals surface area contributed by atoms with Gasteiger partial charge in [0.25, 0.3) is 0 Å². The van der Waals surface area contributed by atoms with Crippen LogP contribution in [0, 0.1) is 5.82 Å². The van der Waals surface area contributed by atoms with E-state index in [-0.39, 0.29) is 17.6 Å². The average molecular weight is 177 g/mol. The van der Waals surface area contributed by atoms with Crippen LogP contribution in [0.4, 0.5) is 4.39 Å². The van der Waals surface area contributed by atoms with Gasteiger partial charge in [0.1, 0.15) is 11.9 Å². The summed E-state index contributed by atoms with van der Waals surface area (Å²) in [6.07, 6.45) is 3.09. The van der Waals surface area contributed by atoms with E-state index in [9.17, 15) is 9.18 Å². The largest absolute Gasteiger partial charge is 0.377 e. The molecule has 0 radical (unpaired) electrons. The summed E-state index contributed by atoms with van der Waals surface area (Å²) in [6, 6.07) is 5.58. The molecule has 1 aromatic carbocycles. The summed E-state index contributed by atoms with van der Waals surface area (Å²) in [5, 5.41) is 2.89. The maximum absolute atomic E-state index is 12.5. The minimum atomic E-state index is -0.333. The zero-order valence-electron chi connectivity index (χ0n) is 6.83. The van der Waals surface area contributed by atoms with Gasteiger partial charge in [-0.25, -0.2) is 4.39 Å². The minimum absolute atomic E-state index is 0.00612. The molecule has 0 amide bonds. The molecule has 1 aliphatic rings. The molecular formula is C10H8FNO. The number of hydrogen-bond donors (Lipinski definition) is 1. The van der Waals surface area contributed by atoms with E-state index in [0.29, 0.717) is 0 Å². The van der Waals surface area contributed by atoms with Crippen LogP contribution in [0.5, 0.6) is 0 Å². The molecule has 1 N–H and O–H groups in total. The number of halogens is 1. The number of rotatable bonds is 1. The van der Waals surface area contributed by atoms with Gasteiger partial charge in [-0.2, -0.15) is 0 Å². The van der Waals surface area contributed by atoms with Crippen LogP contribution in [0.1, 0.15) is 11.6 Å². The molecule has 0 saturated heterocycles. The van der Waals surface area contributed by atoms with Crippen molar-refractivity contribution in [2.45, 2.75) is 6.04 Å². The van der Waals surface area contributed by atoms with Gasteiger partial charge in [-0.05, 0) is 23.8 Å². The van der Waals surface area contributed by atoms with Crippen LogP contribution >= 0.6 is 0 Å². The third kappa shape index (κ3) is 1.45. The fourth-order valence-corrected chi connectivity index (χ4v) is 1.32. The van der Waals surface area contributed by atoms with E-state index >= 15 is 0 Å². The standard InChI is InChI=1S/C10H8FNO/c11-8-3-1-7(2-4-8)10-9(13)5-6-12-10/h1-6,10,12H. The van der Waals surface area contributed by atoms with Gasteiger partial charge < -0.3 is 5.32 Å². The molecule has 0 bridgehead atoms. The summed E-state index contributed by atoms with van der Waals surface area (Å²) in [5.74, 6) is -0.284. The molecule has 0 aromatic heterocycles. The number of benzene rings is 1. The molecule has 1 atom stereocenters. The average Bonchev–Trinajstić information content (AvgIpc) is 2.53. The highest BCUT2D eigenvalue weighted by molar-refractivity contribution is 5.97. The SMILES string of the molecule is O=C1C=CNC1c1ccc(F)cc1. The van der Waals surface area contributed by atoms with Gasteiger partial charge in [-0.1, -0.05) is 12.1 Å². The summed E-state index contributed by atoms with van der Waals surface area (Å²) < 4.78 is 12.5. The van der Waals surface area contributed by atoms with E-state index in [4.69, 9.17) is 0 Å². The molecule has 1 heterocycles. The van der Waals surface area contributed by atoms with Crippen molar-refractivity contribution in [1.29, 1.82) is 0 Å². The Labute approximate surface area is 75.1 Å². The van der Waals surface area contributed by atoms with Gasteiger partial charge in [0, 0.05) is 6.20 Å². The van der Waals surface area contributed by atoms with Crippen molar-refractivity contribution < 1.29 is 9.18 Å². The Bertz CT molecular complexity index is 356. The quantitative estimate of drug-likeness (QED) is 0.705. The molecule has 1 aromatic rings. The molecule has 0 saturated carbocycles. The van der Waals surface area contributed by atoms with Gasteiger partial charge in [-0.15, -0.1) is 0 Å². The van der Waals surface area contributed by atoms with Crippen LogP contribution < -0.4 is 5.32 Å². The van der Waals surface area contributed by atoms with Crippen LogP contribution in [0.15, 0.2) is 36.5 Å². The van der Waals surface area contributed by atoms with E-state index in [1.54, 1.807) is 18.3 Å². The Morgan fingerprint density at radius 1 is 1.23 bits per heavy atom. The van der Waals surface area contributed by atoms with Crippen molar-refractivity contribution in [1.82, 2.24) is 5.32 Å². The molecule has 0 spiro atoms. The lowest BCUT2D eigenvalue weighted by atomic mass is 10.1. The summed E-state index contributed by atoms with van der Waals surface area (Å²) in [6.45, 7) is 0. The monoisotopic (exact) mass is 177 g/mol. The van der Waals surface area contributed by atoms with Crippen LogP contribution in [0.3, 0.4) is 0 Å². The van der Waals surface area contributed by atoms with E-state index in [1.807, 2.05) is 0 Å². The number of nitrogens with one attached hydrogen (secondary N) is 1. The highest BCUT2D eigenvalue weighted by Crippen LogP contribution is 2.18. The first-order chi connectivity index (χ1) is 6.27. The molecule has 0 aliphatic carbocycles. The maximum atomic E-state index is 12.5. The van der Waals surface area contributed by atoms with E-state index in [1.165, 1.54) is 18.2 Å². The van der Waals surface area contributed by atoms with E-state index in [0.717, 1.165) is 5.56 Å². The lowest BCUT2D eigenvalue weighted by Crippen LogP contribution is -2.16. The van der Waals surface area contributed by atoms with Gasteiger partial charge in [0.15, 0.2) is 5.78 Å². The van der Waals surface area contributed by atoms with Crippen LogP contribution in [0.2, 0.25) is 0 Å². The van der Waals surface area contributed by atoms with Crippen LogP contribution in [-0.2, 0) is 4.79 Å². The van der Waals surface area contributed by atoms with Crippen LogP contribution in [0.25, 0.3) is 0 Å². The third-order valence-electron chi connectivity index (χ3n) is 2.00. The predicted octanol–water partition coefficient (Wildman–Crippen LogP) is 1.55. The van der Waals surface area contributed by atoms with Crippen molar-refractivity contribution in [2.24, 2.45) is 0 Å². The molecule has 3 heteroatoms. The van der Waals surface area contributed by atoms with Crippen molar-refractivity contribution in [3.05, 3.63) is 47.9 Å². The zero-order valence-corrected chi connectivity index (χ0v) is 6.83. The maximum Gasteiger partial charge on any atom is 0.183 e. The fourth-order valence-electron chi connectivity index (χ4n) is 1.32. The van der Waals surface area contributed by atoms with Gasteiger partial charge in [0.05, 0.1) is 0 Å². The second-order valence-electron chi connectivity index (χ2n) is 2.89. The first kappa shape index (κ1) is 7.98. The summed E-state index contributed by atoms with van der Waals surface area (Å²) >= 11 is 0. The van der Waals surface area contributed by atoms with E-state index < -0.39 is 0 Å². The Morgan fingerprint density at radius 3 is 2.46 bits per heavy atom. The fraction of sp³-hybridized carbons (Fsp3) is 0.100. The van der Waals surface area contributed by atoms with E-state index in [2.05, 4.69) is 5.32 Å². The number of ketones is 1. The zero-order chi connectivity index (χ0) is 9.26. The number of carbonyl (C=O) groups is 1. The van der Waals surface area contributed by atoms with Crippen molar-refractivity contribution >= 4 is 5.78 Å². The third-order valence-corrected chi connectivity index (χ3v) is 2.00. The Kier molecular flexibility index (Phi) is 1.85. The highest BCUT2D eigenvalue weighted by atomic mass is 19.1. The lowest BCUT2D eigenvalue weighted by Gasteiger charge is -2.09. The molecule has 2 rings (SSSR count). The van der Waals surface area contributed by atoms with Crippen molar-refractivity contribution in [3.8, 4) is 0 Å². The smallest absolute Gasteiger partial charge is 0.183 e. The second kappa shape index (κ2) is 3.01. The first-order valence-electron chi connectivity index (χ1n) is 3.99. The minimum Gasteiger partial charge on any atom is -0.377 e. The molecule has 13 heavy (non-hydrogen) atoms. The normalized spacial score (nSPS) is 20.4. The predicted molar refractivity (Wildman–Crippen MR) is 46.4 cm³/mol. The number of carbonyl (C=O) groups excluding carboxylic acids is 1. The van der Waals surface area contributed by atoms with Crippen molar-refractivity contribution in [3.63, 3.8) is 0 Å². The second-order valence-corrected chi connectivity index (χ2v) is 2.89. The van der Waals surface area contributed by atoms with Crippen LogP contribution in [-0.4, -0.2) is 5.78 Å². The molecule has 0 fully saturated rings. The van der Waals surface area contributed by atoms with Gasteiger partial charge in [-0.3, -0.25) is 4.79 Å². The molecular weight excluding hydrogens is 169 g/mol. The first-order valence-corrected chi connectivity index (χ1v) is 3.99. The molecule has 2 nitrogen and oxygen atoms in total.